The van der Waals surface area contributed by atoms with Crippen molar-refractivity contribution in [2.45, 2.75) is 19.8 Å². The number of phenols is 1. The number of halogens is 1. The van der Waals surface area contributed by atoms with E-state index >= 15 is 0 Å². The van der Waals surface area contributed by atoms with Gasteiger partial charge in [-0.1, -0.05) is 18.5 Å². The normalized spacial score (nSPS) is 19.3. The molecule has 1 fully saturated rings. The van der Waals surface area contributed by atoms with Gasteiger partial charge >= 0.3 is 0 Å². The fourth-order valence-corrected chi connectivity index (χ4v) is 2.62. The number of carbonyl (C=O) groups is 1. The van der Waals surface area contributed by atoms with Gasteiger partial charge in [0, 0.05) is 18.7 Å². The van der Waals surface area contributed by atoms with Crippen molar-refractivity contribution in [2.75, 3.05) is 20.2 Å². The Morgan fingerprint density at radius 3 is 2.89 bits per heavy atom. The highest BCUT2D eigenvalue weighted by atomic mass is 35.5. The number of nitrogens with zero attached hydrogens (tertiary/aromatic N) is 1. The quantitative estimate of drug-likeness (QED) is 0.908. The Hall–Kier alpha value is -1.42. The van der Waals surface area contributed by atoms with Gasteiger partial charge in [-0.3, -0.25) is 4.79 Å². The number of ether oxygens (including phenoxy) is 1. The first-order valence-corrected chi connectivity index (χ1v) is 6.76. The van der Waals surface area contributed by atoms with E-state index in [0.29, 0.717) is 11.5 Å². The van der Waals surface area contributed by atoms with Crippen LogP contribution in [0.4, 0.5) is 0 Å². The van der Waals surface area contributed by atoms with Crippen molar-refractivity contribution in [2.24, 2.45) is 5.92 Å². The number of methoxy groups -OCH3 is 1. The smallest absolute Gasteiger partial charge is 0.254 e. The molecule has 0 spiro atoms. The van der Waals surface area contributed by atoms with E-state index in [-0.39, 0.29) is 22.4 Å². The number of likely N-dealkylation sites (tertiary alicyclic amines) is 1. The summed E-state index contributed by atoms with van der Waals surface area (Å²) in [5, 5.41) is 9.81. The van der Waals surface area contributed by atoms with Gasteiger partial charge in [0.1, 0.15) is 0 Å². The fourth-order valence-electron chi connectivity index (χ4n) is 2.41. The Balaban J connectivity index is 2.26. The molecule has 1 aliphatic heterocycles. The maximum absolute atomic E-state index is 12.4. The van der Waals surface area contributed by atoms with E-state index in [2.05, 4.69) is 6.92 Å². The molecule has 1 saturated heterocycles. The number of piperidine rings is 1. The summed E-state index contributed by atoms with van der Waals surface area (Å²) in [4.78, 5) is 14.2. The minimum absolute atomic E-state index is 0.0632. The highest BCUT2D eigenvalue weighted by Crippen LogP contribution is 2.35. The third-order valence-corrected chi connectivity index (χ3v) is 3.73. The van der Waals surface area contributed by atoms with Crippen LogP contribution in [0.5, 0.6) is 11.5 Å². The van der Waals surface area contributed by atoms with Crippen molar-refractivity contribution in [3.63, 3.8) is 0 Å². The molecule has 104 valence electrons. The molecule has 1 unspecified atom stereocenters. The number of carbonyl (C=O) groups excluding carboxylic acids is 1. The first-order valence-electron chi connectivity index (χ1n) is 6.38. The van der Waals surface area contributed by atoms with Gasteiger partial charge < -0.3 is 14.7 Å². The van der Waals surface area contributed by atoms with Gasteiger partial charge in [0.15, 0.2) is 11.5 Å². The van der Waals surface area contributed by atoms with Gasteiger partial charge in [0.2, 0.25) is 0 Å². The van der Waals surface area contributed by atoms with Crippen LogP contribution in [0, 0.1) is 5.92 Å². The molecule has 1 N–H and O–H groups in total. The molecule has 4 nitrogen and oxygen atoms in total. The third kappa shape index (κ3) is 2.95. The van der Waals surface area contributed by atoms with Crippen molar-refractivity contribution in [1.82, 2.24) is 4.90 Å². The average molecular weight is 284 g/mol. The number of rotatable bonds is 2. The first kappa shape index (κ1) is 14.0. The lowest BCUT2D eigenvalue weighted by atomic mass is 9.99. The largest absolute Gasteiger partial charge is 0.503 e. The predicted molar refractivity (Wildman–Crippen MR) is 74.0 cm³/mol. The van der Waals surface area contributed by atoms with Crippen LogP contribution in [0.25, 0.3) is 0 Å². The Kier molecular flexibility index (Phi) is 4.20. The summed E-state index contributed by atoms with van der Waals surface area (Å²) in [6, 6.07) is 3.02. The topological polar surface area (TPSA) is 49.8 Å². The lowest BCUT2D eigenvalue weighted by Crippen LogP contribution is -2.39. The molecular formula is C14H18ClNO3. The van der Waals surface area contributed by atoms with E-state index in [1.165, 1.54) is 19.2 Å². The van der Waals surface area contributed by atoms with Crippen molar-refractivity contribution < 1.29 is 14.6 Å². The summed E-state index contributed by atoms with van der Waals surface area (Å²) >= 11 is 5.91. The van der Waals surface area contributed by atoms with Crippen LogP contribution in [-0.4, -0.2) is 36.1 Å². The maximum Gasteiger partial charge on any atom is 0.254 e. The van der Waals surface area contributed by atoms with E-state index in [9.17, 15) is 9.90 Å². The SMILES string of the molecule is COc1cc(C(=O)N2CCCC(C)C2)cc(Cl)c1O. The minimum Gasteiger partial charge on any atom is -0.503 e. The predicted octanol–water partition coefficient (Wildman–Crippen LogP) is 2.93. The summed E-state index contributed by atoms with van der Waals surface area (Å²) in [5.41, 5.74) is 0.453. The maximum atomic E-state index is 12.4. The van der Waals surface area contributed by atoms with Crippen LogP contribution in [-0.2, 0) is 0 Å². The summed E-state index contributed by atoms with van der Waals surface area (Å²) in [6.07, 6.45) is 2.18. The monoisotopic (exact) mass is 283 g/mol. The molecule has 0 aromatic heterocycles. The number of phenolic OH excluding ortho intramolecular Hbond substituents is 1. The van der Waals surface area contributed by atoms with Gasteiger partial charge in [-0.15, -0.1) is 0 Å². The van der Waals surface area contributed by atoms with Crippen LogP contribution >= 0.6 is 11.6 Å². The van der Waals surface area contributed by atoms with E-state index in [0.717, 1.165) is 25.9 Å². The molecule has 5 heteroatoms. The number of amides is 1. The molecule has 2 rings (SSSR count). The van der Waals surface area contributed by atoms with Gasteiger partial charge in [0.05, 0.1) is 12.1 Å². The number of hydrogen-bond acceptors (Lipinski definition) is 3. The Morgan fingerprint density at radius 2 is 2.26 bits per heavy atom. The first-order chi connectivity index (χ1) is 9.02. The molecule has 1 amide bonds. The Morgan fingerprint density at radius 1 is 1.53 bits per heavy atom. The van der Waals surface area contributed by atoms with E-state index in [1.54, 1.807) is 0 Å². The number of hydrogen-bond donors (Lipinski definition) is 1. The van der Waals surface area contributed by atoms with Crippen LogP contribution in [0.3, 0.4) is 0 Å². The zero-order chi connectivity index (χ0) is 14.0. The second kappa shape index (κ2) is 5.70. The van der Waals surface area contributed by atoms with Gasteiger partial charge in [-0.2, -0.15) is 0 Å². The van der Waals surface area contributed by atoms with Gasteiger partial charge in [0.25, 0.3) is 5.91 Å². The summed E-state index contributed by atoms with van der Waals surface area (Å²) in [5.74, 6) is 0.549. The van der Waals surface area contributed by atoms with E-state index in [4.69, 9.17) is 16.3 Å². The molecule has 0 radical (unpaired) electrons. The zero-order valence-electron chi connectivity index (χ0n) is 11.1. The lowest BCUT2D eigenvalue weighted by Gasteiger charge is -2.31. The second-order valence-corrected chi connectivity index (χ2v) is 5.41. The molecule has 1 atom stereocenters. The standard InChI is InChI=1S/C14H18ClNO3/c1-9-4-3-5-16(8-9)14(18)10-6-11(15)13(17)12(7-10)19-2/h6-7,9,17H,3-5,8H2,1-2H3. The van der Waals surface area contributed by atoms with Crippen molar-refractivity contribution in [3.8, 4) is 11.5 Å². The Bertz CT molecular complexity index is 490. The number of benzene rings is 1. The fraction of sp³-hybridized carbons (Fsp3) is 0.500. The van der Waals surface area contributed by atoms with Crippen LogP contribution in [0.2, 0.25) is 5.02 Å². The molecule has 0 aliphatic carbocycles. The van der Waals surface area contributed by atoms with Crippen LogP contribution < -0.4 is 4.74 Å². The van der Waals surface area contributed by atoms with Crippen LogP contribution in [0.1, 0.15) is 30.1 Å². The molecule has 0 saturated carbocycles. The molecule has 19 heavy (non-hydrogen) atoms. The average Bonchev–Trinajstić information content (AvgIpc) is 2.41. The molecule has 1 aromatic carbocycles. The van der Waals surface area contributed by atoms with Crippen LogP contribution in [0.15, 0.2) is 12.1 Å². The second-order valence-electron chi connectivity index (χ2n) is 5.01. The van der Waals surface area contributed by atoms with Gasteiger partial charge in [-0.05, 0) is 30.9 Å². The molecule has 1 aliphatic rings. The lowest BCUT2D eigenvalue weighted by molar-refractivity contribution is 0.0682. The highest BCUT2D eigenvalue weighted by molar-refractivity contribution is 6.32. The Labute approximate surface area is 117 Å². The van der Waals surface area contributed by atoms with Crippen molar-refractivity contribution in [3.05, 3.63) is 22.7 Å². The summed E-state index contributed by atoms with van der Waals surface area (Å²) in [7, 11) is 1.43. The van der Waals surface area contributed by atoms with Crippen molar-refractivity contribution >= 4 is 17.5 Å². The summed E-state index contributed by atoms with van der Waals surface area (Å²) in [6.45, 7) is 3.67. The molecular weight excluding hydrogens is 266 g/mol. The highest BCUT2D eigenvalue weighted by Gasteiger charge is 2.23. The zero-order valence-corrected chi connectivity index (χ0v) is 11.9. The number of aromatic hydroxyl groups is 1. The molecule has 1 heterocycles. The third-order valence-electron chi connectivity index (χ3n) is 3.44. The van der Waals surface area contributed by atoms with Gasteiger partial charge in [-0.25, -0.2) is 0 Å². The summed E-state index contributed by atoms with van der Waals surface area (Å²) < 4.78 is 5.02. The van der Waals surface area contributed by atoms with E-state index in [1.807, 2.05) is 4.90 Å². The van der Waals surface area contributed by atoms with Crippen molar-refractivity contribution in [1.29, 1.82) is 0 Å². The molecule has 0 bridgehead atoms. The van der Waals surface area contributed by atoms with E-state index < -0.39 is 0 Å². The molecule has 1 aromatic rings. The minimum atomic E-state index is -0.132.